The van der Waals surface area contributed by atoms with Crippen LogP contribution in [0.15, 0.2) is 54.7 Å². The molecule has 1 fully saturated rings. The van der Waals surface area contributed by atoms with Gasteiger partial charge in [-0.15, -0.1) is 0 Å². The molecule has 1 aromatic heterocycles. The van der Waals surface area contributed by atoms with E-state index in [4.69, 9.17) is 9.47 Å². The van der Waals surface area contributed by atoms with Crippen molar-refractivity contribution in [3.8, 4) is 22.8 Å². The van der Waals surface area contributed by atoms with Gasteiger partial charge in [0, 0.05) is 30.3 Å². The molecule has 5 heteroatoms. The minimum Gasteiger partial charge on any atom is -0.489 e. The molecule has 40 heavy (non-hydrogen) atoms. The van der Waals surface area contributed by atoms with E-state index in [2.05, 4.69) is 88.7 Å². The number of aromatic nitrogens is 1. The Hall–Kier alpha value is -2.92. The van der Waals surface area contributed by atoms with Crippen molar-refractivity contribution in [2.24, 2.45) is 11.3 Å². The number of rotatable bonds is 12. The Morgan fingerprint density at radius 3 is 2.33 bits per heavy atom. The van der Waals surface area contributed by atoms with Crippen LogP contribution >= 0.6 is 0 Å². The Morgan fingerprint density at radius 1 is 0.975 bits per heavy atom. The second-order valence-corrected chi connectivity index (χ2v) is 13.1. The Balaban J connectivity index is 1.61. The second kappa shape index (κ2) is 12.7. The molecule has 1 aliphatic carbocycles. The largest absolute Gasteiger partial charge is 0.489 e. The van der Waals surface area contributed by atoms with Crippen LogP contribution in [-0.2, 0) is 13.2 Å². The number of hydrogen-bond acceptors (Lipinski definition) is 4. The molecular formula is C35H47FN2O2. The fourth-order valence-corrected chi connectivity index (χ4v) is 5.74. The van der Waals surface area contributed by atoms with E-state index in [1.165, 1.54) is 31.0 Å². The maximum atomic E-state index is 15.0. The minimum absolute atomic E-state index is 0.292. The van der Waals surface area contributed by atoms with Crippen LogP contribution in [0.2, 0.25) is 0 Å². The van der Waals surface area contributed by atoms with Gasteiger partial charge >= 0.3 is 0 Å². The second-order valence-electron chi connectivity index (χ2n) is 13.1. The van der Waals surface area contributed by atoms with Gasteiger partial charge in [-0.25, -0.2) is 9.37 Å². The van der Waals surface area contributed by atoms with E-state index < -0.39 is 0 Å². The summed E-state index contributed by atoms with van der Waals surface area (Å²) in [5.41, 5.74) is 5.15. The lowest BCUT2D eigenvalue weighted by Crippen LogP contribution is -2.36. The predicted molar refractivity (Wildman–Crippen MR) is 162 cm³/mol. The van der Waals surface area contributed by atoms with Crippen molar-refractivity contribution in [2.45, 2.75) is 98.9 Å². The number of halogens is 1. The lowest BCUT2D eigenvalue weighted by Gasteiger charge is -2.31. The van der Waals surface area contributed by atoms with Gasteiger partial charge in [0.1, 0.15) is 18.2 Å². The summed E-state index contributed by atoms with van der Waals surface area (Å²) < 4.78 is 26.7. The zero-order valence-corrected chi connectivity index (χ0v) is 25.6. The number of nitrogens with zero attached hydrogens (tertiary/aromatic N) is 2. The van der Waals surface area contributed by atoms with Crippen molar-refractivity contribution in [3.05, 3.63) is 77.2 Å². The average Bonchev–Trinajstić information content (AvgIpc) is 3.74. The first-order chi connectivity index (χ1) is 18.9. The highest BCUT2D eigenvalue weighted by Crippen LogP contribution is 2.48. The van der Waals surface area contributed by atoms with Gasteiger partial charge in [0.25, 0.3) is 0 Å². The Labute approximate surface area is 240 Å². The third-order valence-corrected chi connectivity index (χ3v) is 7.89. The molecule has 2 aromatic carbocycles. The van der Waals surface area contributed by atoms with E-state index in [0.717, 1.165) is 28.4 Å². The number of methoxy groups -OCH3 is 1. The number of hydrogen-bond donors (Lipinski definition) is 0. The Morgan fingerprint density at radius 2 is 1.70 bits per heavy atom. The van der Waals surface area contributed by atoms with Crippen LogP contribution in [-0.4, -0.2) is 29.1 Å². The summed E-state index contributed by atoms with van der Waals surface area (Å²) in [6.45, 7) is 16.9. The molecule has 0 saturated heterocycles. The van der Waals surface area contributed by atoms with Gasteiger partial charge in [0.15, 0.2) is 0 Å². The van der Waals surface area contributed by atoms with E-state index in [1.807, 2.05) is 12.1 Å². The molecule has 4 rings (SSSR count). The first kappa shape index (κ1) is 30.0. The molecule has 0 unspecified atom stereocenters. The smallest absolute Gasteiger partial charge is 0.213 e. The zero-order chi connectivity index (χ0) is 29.0. The molecule has 1 atom stereocenters. The zero-order valence-electron chi connectivity index (χ0n) is 25.6. The van der Waals surface area contributed by atoms with Gasteiger partial charge < -0.3 is 9.47 Å². The van der Waals surface area contributed by atoms with Crippen LogP contribution in [0.3, 0.4) is 0 Å². The summed E-state index contributed by atoms with van der Waals surface area (Å²) >= 11 is 0. The number of ether oxygens (including phenoxy) is 2. The monoisotopic (exact) mass is 546 g/mol. The fraction of sp³-hybridized carbons (Fsp3) is 0.514. The van der Waals surface area contributed by atoms with Crippen LogP contribution < -0.4 is 9.47 Å². The van der Waals surface area contributed by atoms with E-state index in [-0.39, 0.29) is 5.82 Å². The SMILES string of the molecule is COc1cc(-c2ccc(COc3cccc([C@H](CC(C)(C)C)C4CC4)c3)cc2CN(C(C)C)C(C)C)c(F)cn1. The molecule has 0 N–H and O–H groups in total. The van der Waals surface area contributed by atoms with E-state index >= 15 is 4.39 Å². The van der Waals surface area contributed by atoms with Crippen molar-refractivity contribution in [3.63, 3.8) is 0 Å². The summed E-state index contributed by atoms with van der Waals surface area (Å²) in [4.78, 5) is 6.45. The molecule has 0 radical (unpaired) electrons. The highest BCUT2D eigenvalue weighted by atomic mass is 19.1. The quantitative estimate of drug-likeness (QED) is 0.227. The van der Waals surface area contributed by atoms with Gasteiger partial charge in [-0.1, -0.05) is 51.1 Å². The first-order valence-corrected chi connectivity index (χ1v) is 14.8. The van der Waals surface area contributed by atoms with Gasteiger partial charge in [0.05, 0.1) is 13.3 Å². The molecule has 1 aliphatic rings. The van der Waals surface area contributed by atoms with Crippen LogP contribution in [0.5, 0.6) is 11.6 Å². The first-order valence-electron chi connectivity index (χ1n) is 14.8. The molecule has 0 aliphatic heterocycles. The molecule has 216 valence electrons. The predicted octanol–water partition coefficient (Wildman–Crippen LogP) is 9.02. The van der Waals surface area contributed by atoms with Gasteiger partial charge in [-0.2, -0.15) is 0 Å². The summed E-state index contributed by atoms with van der Waals surface area (Å²) in [6, 6.07) is 17.3. The Bertz CT molecular complexity index is 1270. The minimum atomic E-state index is -0.357. The summed E-state index contributed by atoms with van der Waals surface area (Å²) in [5.74, 6) is 2.32. The molecule has 4 nitrogen and oxygen atoms in total. The number of pyridine rings is 1. The molecule has 0 bridgehead atoms. The maximum Gasteiger partial charge on any atom is 0.213 e. The fourth-order valence-electron chi connectivity index (χ4n) is 5.74. The van der Waals surface area contributed by atoms with Gasteiger partial charge in [-0.05, 0) is 98.6 Å². The molecule has 3 aromatic rings. The van der Waals surface area contributed by atoms with Crippen LogP contribution in [0.25, 0.3) is 11.1 Å². The third kappa shape index (κ3) is 7.84. The van der Waals surface area contributed by atoms with E-state index in [1.54, 1.807) is 13.2 Å². The summed E-state index contributed by atoms with van der Waals surface area (Å²) in [7, 11) is 1.55. The summed E-state index contributed by atoms with van der Waals surface area (Å²) in [5, 5.41) is 0. The molecular weight excluding hydrogens is 499 g/mol. The van der Waals surface area contributed by atoms with Gasteiger partial charge in [0.2, 0.25) is 5.88 Å². The van der Waals surface area contributed by atoms with Crippen molar-refractivity contribution in [1.82, 2.24) is 9.88 Å². The summed E-state index contributed by atoms with van der Waals surface area (Å²) in [6.07, 6.45) is 5.08. The lowest BCUT2D eigenvalue weighted by molar-refractivity contribution is 0.166. The normalized spacial score (nSPS) is 14.7. The third-order valence-electron chi connectivity index (χ3n) is 7.89. The van der Waals surface area contributed by atoms with Crippen molar-refractivity contribution >= 4 is 0 Å². The number of benzene rings is 2. The molecule has 1 heterocycles. The lowest BCUT2D eigenvalue weighted by atomic mass is 9.79. The van der Waals surface area contributed by atoms with Crippen molar-refractivity contribution < 1.29 is 13.9 Å². The highest BCUT2D eigenvalue weighted by molar-refractivity contribution is 5.69. The van der Waals surface area contributed by atoms with Crippen LogP contribution in [0, 0.1) is 17.2 Å². The molecule has 0 amide bonds. The average molecular weight is 547 g/mol. The van der Waals surface area contributed by atoms with Crippen LogP contribution in [0.1, 0.15) is 90.3 Å². The standard InChI is InChI=1S/C35H47FN2O2/c1-23(2)38(24(3)4)21-28-16-25(12-15-30(28)31-18-34(39-8)37-20-33(31)36)22-40-29-11-9-10-27(17-29)32(26-13-14-26)19-35(5,6)7/h9-12,15-18,20,23-24,26,32H,13-14,19,21-22H2,1-8H3/t32-/m1/s1. The highest BCUT2D eigenvalue weighted by Gasteiger charge is 2.34. The van der Waals surface area contributed by atoms with E-state index in [0.29, 0.717) is 48.0 Å². The molecule has 0 spiro atoms. The van der Waals surface area contributed by atoms with Crippen LogP contribution in [0.4, 0.5) is 4.39 Å². The van der Waals surface area contributed by atoms with Crippen molar-refractivity contribution in [1.29, 1.82) is 0 Å². The molecule has 1 saturated carbocycles. The Kier molecular flexibility index (Phi) is 9.56. The van der Waals surface area contributed by atoms with Crippen molar-refractivity contribution in [2.75, 3.05) is 7.11 Å². The maximum absolute atomic E-state index is 15.0. The van der Waals surface area contributed by atoms with Gasteiger partial charge in [-0.3, -0.25) is 4.90 Å². The van der Waals surface area contributed by atoms with E-state index in [9.17, 15) is 0 Å². The topological polar surface area (TPSA) is 34.6 Å².